The Balaban J connectivity index is 1.85. The summed E-state index contributed by atoms with van der Waals surface area (Å²) in [6, 6.07) is 15.5. The lowest BCUT2D eigenvalue weighted by molar-refractivity contribution is 0.0600. The van der Waals surface area contributed by atoms with E-state index >= 15 is 0 Å². The summed E-state index contributed by atoms with van der Waals surface area (Å²) in [5, 5.41) is 4.10. The molecular formula is C23H24N4O2S. The van der Waals surface area contributed by atoms with Crippen LogP contribution in [-0.4, -0.2) is 39.7 Å². The number of pyridine rings is 1. The summed E-state index contributed by atoms with van der Waals surface area (Å²) in [6.45, 7) is 4.11. The number of likely N-dealkylation sites (N-methyl/N-ethyl adjacent to an activating group) is 1. The maximum atomic E-state index is 12.3. The minimum atomic E-state index is -0.355. The first-order valence-corrected chi connectivity index (χ1v) is 10.2. The molecule has 0 amide bonds. The molecule has 3 heterocycles. The van der Waals surface area contributed by atoms with Gasteiger partial charge in [0, 0.05) is 24.6 Å². The highest BCUT2D eigenvalue weighted by atomic mass is 32.1. The third-order valence-electron chi connectivity index (χ3n) is 5.68. The van der Waals surface area contributed by atoms with E-state index < -0.39 is 0 Å². The van der Waals surface area contributed by atoms with Crippen LogP contribution in [0.15, 0.2) is 54.7 Å². The molecule has 30 heavy (non-hydrogen) atoms. The van der Waals surface area contributed by atoms with Crippen molar-refractivity contribution >= 4 is 23.3 Å². The molecule has 4 rings (SSSR count). The molecule has 0 spiro atoms. The molecule has 0 aliphatic carbocycles. The fourth-order valence-corrected chi connectivity index (χ4v) is 4.50. The van der Waals surface area contributed by atoms with E-state index in [2.05, 4.69) is 32.8 Å². The van der Waals surface area contributed by atoms with Gasteiger partial charge in [0.1, 0.15) is 0 Å². The van der Waals surface area contributed by atoms with Crippen LogP contribution in [0.5, 0.6) is 0 Å². The van der Waals surface area contributed by atoms with Crippen molar-refractivity contribution in [3.63, 3.8) is 0 Å². The van der Waals surface area contributed by atoms with Crippen molar-refractivity contribution in [2.24, 2.45) is 0 Å². The Labute approximate surface area is 181 Å². The van der Waals surface area contributed by atoms with Crippen LogP contribution in [0.3, 0.4) is 0 Å². The van der Waals surface area contributed by atoms with Crippen LogP contribution in [0.25, 0.3) is 5.69 Å². The smallest absolute Gasteiger partial charge is 0.339 e. The lowest BCUT2D eigenvalue weighted by Gasteiger charge is -2.24. The number of carbonyl (C=O) groups is 1. The molecule has 1 saturated heterocycles. The number of benzene rings is 1. The highest BCUT2D eigenvalue weighted by Crippen LogP contribution is 2.40. The standard InChI is InChI=1S/C23H24N4O2S/c1-14-13-17(15(2)27(14)19-11-6-5-9-16(19)22(28)29-4)21-20(25-23(30)26(21)3)18-10-7-8-12-24-18/h5-13,20-21H,1-4H3,(H,25,30)/t20-,21-/m1/s1. The summed E-state index contributed by atoms with van der Waals surface area (Å²) in [7, 11) is 3.40. The molecule has 6 nitrogen and oxygen atoms in total. The molecule has 0 radical (unpaired) electrons. The van der Waals surface area contributed by atoms with E-state index in [1.807, 2.05) is 50.4 Å². The second kappa shape index (κ2) is 7.91. The Morgan fingerprint density at radius 2 is 1.90 bits per heavy atom. The van der Waals surface area contributed by atoms with Gasteiger partial charge in [-0.1, -0.05) is 18.2 Å². The molecular weight excluding hydrogens is 396 g/mol. The summed E-state index contributed by atoms with van der Waals surface area (Å²) >= 11 is 5.56. The number of aryl methyl sites for hydroxylation is 1. The molecule has 1 aromatic carbocycles. The Morgan fingerprint density at radius 1 is 1.17 bits per heavy atom. The number of hydrogen-bond acceptors (Lipinski definition) is 4. The van der Waals surface area contributed by atoms with Gasteiger partial charge in [0.15, 0.2) is 5.11 Å². The number of nitrogens with one attached hydrogen (secondary N) is 1. The number of methoxy groups -OCH3 is 1. The van der Waals surface area contributed by atoms with Crippen LogP contribution in [0.2, 0.25) is 0 Å². The SMILES string of the molecule is COC(=O)c1ccccc1-n1c(C)cc([C@@H]2[C@@H](c3ccccn3)NC(=S)N2C)c1C. The number of thiocarbonyl (C=S) groups is 1. The second-order valence-corrected chi connectivity index (χ2v) is 7.79. The van der Waals surface area contributed by atoms with E-state index in [0.717, 1.165) is 28.3 Å². The van der Waals surface area contributed by atoms with Crippen LogP contribution in [-0.2, 0) is 4.74 Å². The molecule has 7 heteroatoms. The Bertz CT molecular complexity index is 1110. The van der Waals surface area contributed by atoms with Crippen molar-refractivity contribution in [1.29, 1.82) is 0 Å². The summed E-state index contributed by atoms with van der Waals surface area (Å²) in [5.41, 5.74) is 5.49. The van der Waals surface area contributed by atoms with Crippen molar-refractivity contribution in [2.75, 3.05) is 14.2 Å². The fourth-order valence-electron chi connectivity index (χ4n) is 4.26. The molecule has 0 saturated carbocycles. The van der Waals surface area contributed by atoms with E-state index in [1.54, 1.807) is 12.3 Å². The number of carbonyl (C=O) groups excluding carboxylic acids is 1. The van der Waals surface area contributed by atoms with Crippen molar-refractivity contribution in [3.8, 4) is 5.69 Å². The van der Waals surface area contributed by atoms with Gasteiger partial charge >= 0.3 is 5.97 Å². The first-order valence-electron chi connectivity index (χ1n) is 9.75. The lowest BCUT2D eigenvalue weighted by Crippen LogP contribution is -2.25. The number of esters is 1. The third kappa shape index (κ3) is 3.25. The lowest BCUT2D eigenvalue weighted by atomic mass is 9.97. The third-order valence-corrected chi connectivity index (χ3v) is 6.08. The van der Waals surface area contributed by atoms with E-state index in [1.165, 1.54) is 7.11 Å². The second-order valence-electron chi connectivity index (χ2n) is 7.41. The van der Waals surface area contributed by atoms with Gasteiger partial charge in [-0.15, -0.1) is 0 Å². The molecule has 2 atom stereocenters. The van der Waals surface area contributed by atoms with Gasteiger partial charge in [-0.2, -0.15) is 0 Å². The first-order chi connectivity index (χ1) is 14.4. The predicted octanol–water partition coefficient (Wildman–Crippen LogP) is 3.88. The van der Waals surface area contributed by atoms with Crippen LogP contribution in [0, 0.1) is 13.8 Å². The monoisotopic (exact) mass is 420 g/mol. The molecule has 3 aromatic rings. The number of hydrogen-bond donors (Lipinski definition) is 1. The van der Waals surface area contributed by atoms with Gasteiger partial charge in [-0.05, 0) is 62.0 Å². The molecule has 0 unspecified atom stereocenters. The zero-order valence-electron chi connectivity index (χ0n) is 17.4. The van der Waals surface area contributed by atoms with Gasteiger partial charge in [0.25, 0.3) is 0 Å². The largest absolute Gasteiger partial charge is 0.465 e. The summed E-state index contributed by atoms with van der Waals surface area (Å²) in [6.07, 6.45) is 1.80. The molecule has 1 aliphatic heterocycles. The zero-order valence-corrected chi connectivity index (χ0v) is 18.2. The van der Waals surface area contributed by atoms with Crippen LogP contribution < -0.4 is 5.32 Å². The Kier molecular flexibility index (Phi) is 5.30. The molecule has 154 valence electrons. The Hall–Kier alpha value is -3.19. The molecule has 2 aromatic heterocycles. The van der Waals surface area contributed by atoms with Crippen molar-refractivity contribution in [3.05, 3.63) is 82.9 Å². The normalized spacial score (nSPS) is 18.4. The first kappa shape index (κ1) is 20.1. The number of aromatic nitrogens is 2. The average Bonchev–Trinajstić information content (AvgIpc) is 3.22. The minimum Gasteiger partial charge on any atom is -0.465 e. The topological polar surface area (TPSA) is 59.4 Å². The van der Waals surface area contributed by atoms with Gasteiger partial charge in [-0.3, -0.25) is 4.98 Å². The van der Waals surface area contributed by atoms with Gasteiger partial charge in [0.05, 0.1) is 36.1 Å². The van der Waals surface area contributed by atoms with Gasteiger partial charge < -0.3 is 19.5 Å². The van der Waals surface area contributed by atoms with E-state index in [9.17, 15) is 4.79 Å². The summed E-state index contributed by atoms with van der Waals surface area (Å²) in [5.74, 6) is -0.355. The quantitative estimate of drug-likeness (QED) is 0.511. The highest BCUT2D eigenvalue weighted by Gasteiger charge is 2.39. The van der Waals surface area contributed by atoms with Gasteiger partial charge in [0.2, 0.25) is 0 Å². The summed E-state index contributed by atoms with van der Waals surface area (Å²) in [4.78, 5) is 19.0. The molecule has 1 N–H and O–H groups in total. The molecule has 0 bridgehead atoms. The zero-order chi connectivity index (χ0) is 21.4. The molecule has 1 aliphatic rings. The van der Waals surface area contributed by atoms with Crippen molar-refractivity contribution in [2.45, 2.75) is 25.9 Å². The fraction of sp³-hybridized carbons (Fsp3) is 0.261. The van der Waals surface area contributed by atoms with Crippen LogP contribution >= 0.6 is 12.2 Å². The number of ether oxygens (including phenoxy) is 1. The maximum Gasteiger partial charge on any atom is 0.339 e. The number of nitrogens with zero attached hydrogens (tertiary/aromatic N) is 3. The number of rotatable bonds is 4. The van der Waals surface area contributed by atoms with E-state index in [0.29, 0.717) is 10.7 Å². The highest BCUT2D eigenvalue weighted by molar-refractivity contribution is 7.80. The van der Waals surface area contributed by atoms with Crippen molar-refractivity contribution in [1.82, 2.24) is 19.8 Å². The van der Waals surface area contributed by atoms with Crippen molar-refractivity contribution < 1.29 is 9.53 Å². The van der Waals surface area contributed by atoms with Crippen LogP contribution in [0.4, 0.5) is 0 Å². The average molecular weight is 421 g/mol. The van der Waals surface area contributed by atoms with E-state index in [4.69, 9.17) is 17.0 Å². The predicted molar refractivity (Wildman–Crippen MR) is 120 cm³/mol. The minimum absolute atomic E-state index is 0.0161. The Morgan fingerprint density at radius 3 is 2.60 bits per heavy atom. The number of para-hydroxylation sites is 1. The maximum absolute atomic E-state index is 12.3. The van der Waals surface area contributed by atoms with Gasteiger partial charge in [-0.25, -0.2) is 4.79 Å². The molecule has 1 fully saturated rings. The summed E-state index contributed by atoms with van der Waals surface area (Å²) < 4.78 is 7.10. The van der Waals surface area contributed by atoms with E-state index in [-0.39, 0.29) is 18.1 Å². The van der Waals surface area contributed by atoms with Crippen LogP contribution in [0.1, 0.15) is 45.1 Å².